The second kappa shape index (κ2) is 7.26. The van der Waals surface area contributed by atoms with E-state index >= 15 is 0 Å². The van der Waals surface area contributed by atoms with Crippen LogP contribution in [0.15, 0.2) is 18.2 Å². The van der Waals surface area contributed by atoms with E-state index in [1.54, 1.807) is 12.1 Å². The second-order valence-electron chi connectivity index (χ2n) is 8.46. The Morgan fingerprint density at radius 1 is 1.13 bits per heavy atom. The third-order valence-corrected chi connectivity index (χ3v) is 6.67. The van der Waals surface area contributed by atoms with Crippen molar-refractivity contribution < 1.29 is 23.9 Å². The molecule has 4 aliphatic rings. The minimum absolute atomic E-state index is 0.110. The van der Waals surface area contributed by atoms with Crippen LogP contribution in [0.4, 0.5) is 0 Å². The van der Waals surface area contributed by atoms with Gasteiger partial charge in [0, 0.05) is 45.1 Å². The van der Waals surface area contributed by atoms with Crippen LogP contribution >= 0.6 is 0 Å². The largest absolute Gasteiger partial charge is 0.372 e. The monoisotopic (exact) mass is 412 g/mol. The topological polar surface area (TPSA) is 117 Å². The van der Waals surface area contributed by atoms with Gasteiger partial charge in [0.1, 0.15) is 6.04 Å². The van der Waals surface area contributed by atoms with Crippen LogP contribution in [0.1, 0.15) is 45.5 Å². The molecule has 9 nitrogen and oxygen atoms in total. The summed E-state index contributed by atoms with van der Waals surface area (Å²) in [4.78, 5) is 50.2. The maximum absolute atomic E-state index is 12.9. The van der Waals surface area contributed by atoms with Crippen LogP contribution in [-0.4, -0.2) is 66.4 Å². The predicted molar refractivity (Wildman–Crippen MR) is 104 cm³/mol. The number of fused-ring (bicyclic) bond motifs is 2. The number of hydrogen-bond donors (Lipinski definition) is 3. The summed E-state index contributed by atoms with van der Waals surface area (Å²) in [6.07, 6.45) is 1.33. The summed E-state index contributed by atoms with van der Waals surface area (Å²) in [7, 11) is 0. The maximum atomic E-state index is 12.9. The van der Waals surface area contributed by atoms with Gasteiger partial charge < -0.3 is 15.4 Å². The highest BCUT2D eigenvalue weighted by Crippen LogP contribution is 2.34. The molecule has 3 fully saturated rings. The number of benzene rings is 1. The lowest BCUT2D eigenvalue weighted by atomic mass is 9.91. The lowest BCUT2D eigenvalue weighted by Crippen LogP contribution is -2.54. The molecule has 1 unspecified atom stereocenters. The van der Waals surface area contributed by atoms with Gasteiger partial charge in [-0.2, -0.15) is 0 Å². The standard InChI is InChI=1S/C21H24N4O5/c26-17-4-3-16(18(27)24-17)25-19(28)14-2-1-12(7-15(14)20(25)29)8-22-10-21-11-23-9-13(21)5-6-30-21/h1-2,7,13,16,22-23H,3-6,8-11H2,(H,24,26,27)/t13-,16?,21+/m1/s1. The van der Waals surface area contributed by atoms with E-state index in [2.05, 4.69) is 16.0 Å². The summed E-state index contributed by atoms with van der Waals surface area (Å²) in [5, 5.41) is 9.03. The summed E-state index contributed by atoms with van der Waals surface area (Å²) in [6.45, 7) is 3.87. The van der Waals surface area contributed by atoms with Crippen LogP contribution in [0, 0.1) is 5.92 Å². The molecule has 4 aliphatic heterocycles. The molecule has 3 N–H and O–H groups in total. The first-order chi connectivity index (χ1) is 14.5. The number of piperidine rings is 1. The van der Waals surface area contributed by atoms with Crippen molar-refractivity contribution in [1.82, 2.24) is 20.9 Å². The number of carbonyl (C=O) groups is 4. The van der Waals surface area contributed by atoms with Crippen molar-refractivity contribution in [3.05, 3.63) is 34.9 Å². The minimum atomic E-state index is -0.943. The third kappa shape index (κ3) is 3.05. The second-order valence-corrected chi connectivity index (χ2v) is 8.46. The van der Waals surface area contributed by atoms with E-state index in [-0.39, 0.29) is 24.3 Å². The number of nitrogens with zero attached hydrogens (tertiary/aromatic N) is 1. The number of hydrogen-bond acceptors (Lipinski definition) is 7. The first-order valence-electron chi connectivity index (χ1n) is 10.4. The predicted octanol–water partition coefficient (Wildman–Crippen LogP) is -0.444. The molecule has 0 aliphatic carbocycles. The van der Waals surface area contributed by atoms with Crippen molar-refractivity contribution in [2.24, 2.45) is 5.92 Å². The van der Waals surface area contributed by atoms with Crippen LogP contribution in [0.25, 0.3) is 0 Å². The van der Waals surface area contributed by atoms with Crippen LogP contribution < -0.4 is 16.0 Å². The average Bonchev–Trinajstić information content (AvgIpc) is 3.35. The van der Waals surface area contributed by atoms with Crippen LogP contribution in [0.5, 0.6) is 0 Å². The molecule has 0 saturated carbocycles. The molecule has 4 heterocycles. The lowest BCUT2D eigenvalue weighted by molar-refractivity contribution is -0.136. The Kier molecular flexibility index (Phi) is 4.68. The van der Waals surface area contributed by atoms with Gasteiger partial charge in [0.25, 0.3) is 11.8 Å². The fourth-order valence-electron chi connectivity index (χ4n) is 5.03. The Bertz CT molecular complexity index is 935. The molecule has 1 aromatic carbocycles. The Labute approximate surface area is 173 Å². The smallest absolute Gasteiger partial charge is 0.262 e. The molecule has 3 atom stereocenters. The zero-order chi connectivity index (χ0) is 20.9. The van der Waals surface area contributed by atoms with Crippen molar-refractivity contribution >= 4 is 23.6 Å². The Balaban J connectivity index is 1.28. The molecule has 9 heteroatoms. The highest BCUT2D eigenvalue weighted by molar-refractivity contribution is 6.23. The number of amides is 4. The highest BCUT2D eigenvalue weighted by Gasteiger charge is 2.47. The van der Waals surface area contributed by atoms with Crippen molar-refractivity contribution in [2.45, 2.75) is 37.5 Å². The third-order valence-electron chi connectivity index (χ3n) is 6.67. The molecule has 4 amide bonds. The lowest BCUT2D eigenvalue weighted by Gasteiger charge is -2.28. The van der Waals surface area contributed by atoms with Gasteiger partial charge in [-0.05, 0) is 30.5 Å². The molecule has 0 aromatic heterocycles. The van der Waals surface area contributed by atoms with Gasteiger partial charge in [0.05, 0.1) is 16.7 Å². The van der Waals surface area contributed by atoms with E-state index in [0.717, 1.165) is 43.1 Å². The quantitative estimate of drug-likeness (QED) is 0.561. The van der Waals surface area contributed by atoms with Crippen molar-refractivity contribution in [2.75, 3.05) is 26.2 Å². The van der Waals surface area contributed by atoms with Gasteiger partial charge in [0.15, 0.2) is 0 Å². The van der Waals surface area contributed by atoms with Crippen molar-refractivity contribution in [1.29, 1.82) is 0 Å². The first kappa shape index (κ1) is 19.3. The first-order valence-corrected chi connectivity index (χ1v) is 10.4. The fraction of sp³-hybridized carbons (Fsp3) is 0.524. The Morgan fingerprint density at radius 2 is 1.97 bits per heavy atom. The van der Waals surface area contributed by atoms with Crippen molar-refractivity contribution in [3.63, 3.8) is 0 Å². The molecular formula is C21H24N4O5. The van der Waals surface area contributed by atoms with E-state index in [1.165, 1.54) is 0 Å². The van der Waals surface area contributed by atoms with Crippen LogP contribution in [-0.2, 0) is 20.9 Å². The molecule has 3 saturated heterocycles. The summed E-state index contributed by atoms with van der Waals surface area (Å²) in [6, 6.07) is 4.24. The minimum Gasteiger partial charge on any atom is -0.372 e. The Morgan fingerprint density at radius 3 is 2.80 bits per heavy atom. The SMILES string of the molecule is O=C1CCC(N2C(=O)c3ccc(CNC[C@]45CNC[C@H]4CCO5)cc3C2=O)C(=O)N1. The summed E-state index contributed by atoms with van der Waals surface area (Å²) in [5.74, 6) is -1.43. The molecular weight excluding hydrogens is 388 g/mol. The zero-order valence-electron chi connectivity index (χ0n) is 16.5. The summed E-state index contributed by atoms with van der Waals surface area (Å²) < 4.78 is 6.01. The normalized spacial score (nSPS) is 30.6. The Hall–Kier alpha value is -2.62. The van der Waals surface area contributed by atoms with Gasteiger partial charge >= 0.3 is 0 Å². The molecule has 158 valence electrons. The van der Waals surface area contributed by atoms with E-state index in [0.29, 0.717) is 23.6 Å². The van der Waals surface area contributed by atoms with Gasteiger partial charge in [-0.15, -0.1) is 0 Å². The summed E-state index contributed by atoms with van der Waals surface area (Å²) >= 11 is 0. The average molecular weight is 412 g/mol. The summed E-state index contributed by atoms with van der Waals surface area (Å²) in [5.41, 5.74) is 1.33. The van der Waals surface area contributed by atoms with Crippen molar-refractivity contribution in [3.8, 4) is 0 Å². The number of nitrogens with one attached hydrogen (secondary N) is 3. The van der Waals surface area contributed by atoms with E-state index in [4.69, 9.17) is 4.74 Å². The molecule has 5 rings (SSSR count). The van der Waals surface area contributed by atoms with Crippen LogP contribution in [0.3, 0.4) is 0 Å². The number of rotatable bonds is 5. The fourth-order valence-corrected chi connectivity index (χ4v) is 5.03. The van der Waals surface area contributed by atoms with Gasteiger partial charge in [-0.25, -0.2) is 0 Å². The zero-order valence-corrected chi connectivity index (χ0v) is 16.5. The number of ether oxygens (including phenoxy) is 1. The van der Waals surface area contributed by atoms with E-state index in [9.17, 15) is 19.2 Å². The molecule has 30 heavy (non-hydrogen) atoms. The van der Waals surface area contributed by atoms with Gasteiger partial charge in [-0.3, -0.25) is 29.4 Å². The molecule has 0 spiro atoms. The van der Waals surface area contributed by atoms with E-state index in [1.807, 2.05) is 6.07 Å². The van der Waals surface area contributed by atoms with Crippen LogP contribution in [0.2, 0.25) is 0 Å². The molecule has 0 radical (unpaired) electrons. The van der Waals surface area contributed by atoms with E-state index < -0.39 is 23.8 Å². The number of carbonyl (C=O) groups excluding carboxylic acids is 4. The maximum Gasteiger partial charge on any atom is 0.262 e. The highest BCUT2D eigenvalue weighted by atomic mass is 16.5. The number of imide groups is 2. The van der Waals surface area contributed by atoms with Gasteiger partial charge in [0.2, 0.25) is 11.8 Å². The molecule has 1 aromatic rings. The molecule has 0 bridgehead atoms. The van der Waals surface area contributed by atoms with Gasteiger partial charge in [-0.1, -0.05) is 6.07 Å².